The number of hydroxylamine groups is 1. The fourth-order valence-corrected chi connectivity index (χ4v) is 2.57. The number of nitrogens with one attached hydrogen (secondary N) is 1. The van der Waals surface area contributed by atoms with Crippen LogP contribution in [-0.2, 0) is 20.0 Å². The highest BCUT2D eigenvalue weighted by Crippen LogP contribution is 2.29. The van der Waals surface area contributed by atoms with Crippen molar-refractivity contribution in [2.45, 2.75) is 19.4 Å². The first-order valence-electron chi connectivity index (χ1n) is 6.31. The van der Waals surface area contributed by atoms with Gasteiger partial charge in [0.05, 0.1) is 7.11 Å². The summed E-state index contributed by atoms with van der Waals surface area (Å²) < 4.78 is 5.37. The third-order valence-electron chi connectivity index (χ3n) is 3.25. The van der Waals surface area contributed by atoms with Gasteiger partial charge < -0.3 is 4.74 Å². The highest BCUT2D eigenvalue weighted by atomic mass is 32.1. The Morgan fingerprint density at radius 3 is 2.38 bits per heavy atom. The van der Waals surface area contributed by atoms with Crippen molar-refractivity contribution in [3.05, 3.63) is 34.8 Å². The molecule has 0 fully saturated rings. The number of aromatic nitrogens is 2. The molecule has 0 spiro atoms. The fourth-order valence-electron chi connectivity index (χ4n) is 1.88. The smallest absolute Gasteiger partial charge is 0.280 e. The lowest BCUT2D eigenvalue weighted by atomic mass is 9.94. The monoisotopic (exact) mass is 307 g/mol. The molecule has 6 nitrogen and oxygen atoms in total. The Bertz CT molecular complexity index is 627. The van der Waals surface area contributed by atoms with E-state index in [1.807, 2.05) is 31.2 Å². The Balaban J connectivity index is 2.30. The number of nitrogens with zero attached hydrogens (tertiary/aromatic N) is 2. The predicted molar refractivity (Wildman–Crippen MR) is 79.6 cm³/mol. The molecule has 0 aliphatic rings. The van der Waals surface area contributed by atoms with Gasteiger partial charge in [0.2, 0.25) is 0 Å². The van der Waals surface area contributed by atoms with Crippen molar-refractivity contribution in [1.29, 1.82) is 0 Å². The maximum absolute atomic E-state index is 12.1. The number of carbonyl (C=O) groups is 1. The van der Waals surface area contributed by atoms with Crippen LogP contribution < -0.4 is 5.48 Å². The number of methoxy groups -OCH3 is 1. The third kappa shape index (κ3) is 3.10. The van der Waals surface area contributed by atoms with Gasteiger partial charge in [-0.1, -0.05) is 35.6 Å². The number of rotatable bonds is 5. The molecule has 112 valence electrons. The Hall–Kier alpha value is -1.83. The van der Waals surface area contributed by atoms with Gasteiger partial charge in [-0.2, -0.15) is 0 Å². The van der Waals surface area contributed by atoms with Crippen LogP contribution in [0.25, 0.3) is 10.6 Å². The molecule has 0 saturated heterocycles. The SMILES string of the molecule is CONC(=O)C(C)(OC)c1ccc(-c2nnc(C)s2)cc1. The molecule has 2 aromatic rings. The Morgan fingerprint density at radius 2 is 1.90 bits per heavy atom. The number of carbonyl (C=O) groups excluding carboxylic acids is 1. The quantitative estimate of drug-likeness (QED) is 0.856. The molecule has 0 saturated carbocycles. The van der Waals surface area contributed by atoms with Crippen molar-refractivity contribution in [1.82, 2.24) is 15.7 Å². The minimum atomic E-state index is -1.12. The zero-order valence-electron chi connectivity index (χ0n) is 12.3. The second-order valence-corrected chi connectivity index (χ2v) is 5.76. The normalized spacial score (nSPS) is 13.7. The standard InChI is InChI=1S/C14H17N3O3S/c1-9-15-16-12(21-9)10-5-7-11(8-6-10)14(2,19-3)13(18)17-20-4/h5-8H,1-4H3,(H,17,18). The first-order chi connectivity index (χ1) is 10.0. The molecule has 21 heavy (non-hydrogen) atoms. The maximum Gasteiger partial charge on any atom is 0.280 e. The number of aryl methyl sites for hydroxylation is 1. The van der Waals surface area contributed by atoms with Gasteiger partial charge in [0, 0.05) is 12.7 Å². The van der Waals surface area contributed by atoms with E-state index in [1.54, 1.807) is 6.92 Å². The minimum absolute atomic E-state index is 0.369. The molecule has 0 bridgehead atoms. The fraction of sp³-hybridized carbons (Fsp3) is 0.357. The lowest BCUT2D eigenvalue weighted by molar-refractivity contribution is -0.153. The first kappa shape index (κ1) is 15.6. The van der Waals surface area contributed by atoms with Crippen LogP contribution in [-0.4, -0.2) is 30.3 Å². The van der Waals surface area contributed by atoms with E-state index in [-0.39, 0.29) is 5.91 Å². The van der Waals surface area contributed by atoms with Crippen molar-refractivity contribution in [2.24, 2.45) is 0 Å². The number of hydrogen-bond donors (Lipinski definition) is 1. The van der Waals surface area contributed by atoms with E-state index < -0.39 is 5.60 Å². The molecular formula is C14H17N3O3S. The van der Waals surface area contributed by atoms with Crippen LogP contribution in [0.2, 0.25) is 0 Å². The van der Waals surface area contributed by atoms with Crippen molar-refractivity contribution in [2.75, 3.05) is 14.2 Å². The van der Waals surface area contributed by atoms with Crippen LogP contribution in [0.15, 0.2) is 24.3 Å². The summed E-state index contributed by atoms with van der Waals surface area (Å²) in [7, 11) is 2.87. The molecule has 1 aromatic carbocycles. The summed E-state index contributed by atoms with van der Waals surface area (Å²) in [6, 6.07) is 7.47. The molecule has 0 aliphatic heterocycles. The maximum atomic E-state index is 12.1. The van der Waals surface area contributed by atoms with E-state index in [9.17, 15) is 4.79 Å². The third-order valence-corrected chi connectivity index (χ3v) is 4.13. The van der Waals surface area contributed by atoms with Gasteiger partial charge in [-0.15, -0.1) is 10.2 Å². The van der Waals surface area contributed by atoms with Gasteiger partial charge in [0.15, 0.2) is 5.60 Å². The second kappa shape index (κ2) is 6.30. The summed E-state index contributed by atoms with van der Waals surface area (Å²) in [5, 5.41) is 9.86. The van der Waals surface area contributed by atoms with Gasteiger partial charge in [-0.25, -0.2) is 5.48 Å². The largest absolute Gasteiger partial charge is 0.364 e. The van der Waals surface area contributed by atoms with E-state index in [4.69, 9.17) is 4.74 Å². The van der Waals surface area contributed by atoms with Crippen LogP contribution in [0, 0.1) is 6.92 Å². The lowest BCUT2D eigenvalue weighted by Crippen LogP contribution is -2.43. The molecule has 1 atom stereocenters. The zero-order chi connectivity index (χ0) is 15.5. The van der Waals surface area contributed by atoms with Crippen molar-refractivity contribution < 1.29 is 14.4 Å². The Kier molecular flexibility index (Phi) is 4.66. The second-order valence-electron chi connectivity index (χ2n) is 4.58. The van der Waals surface area contributed by atoms with E-state index >= 15 is 0 Å². The predicted octanol–water partition coefficient (Wildman–Crippen LogP) is 2.05. The van der Waals surface area contributed by atoms with Crippen LogP contribution in [0.4, 0.5) is 0 Å². The van der Waals surface area contributed by atoms with Gasteiger partial charge >= 0.3 is 0 Å². The van der Waals surface area contributed by atoms with E-state index in [2.05, 4.69) is 20.5 Å². The van der Waals surface area contributed by atoms with Crippen molar-refractivity contribution in [3.8, 4) is 10.6 Å². The number of amides is 1. The van der Waals surface area contributed by atoms with E-state index in [1.165, 1.54) is 25.6 Å². The number of benzene rings is 1. The minimum Gasteiger partial charge on any atom is -0.364 e. The zero-order valence-corrected chi connectivity index (χ0v) is 13.2. The van der Waals surface area contributed by atoms with Gasteiger partial charge in [-0.3, -0.25) is 9.63 Å². The van der Waals surface area contributed by atoms with Crippen molar-refractivity contribution in [3.63, 3.8) is 0 Å². The Morgan fingerprint density at radius 1 is 1.24 bits per heavy atom. The number of hydrogen-bond acceptors (Lipinski definition) is 6. The topological polar surface area (TPSA) is 73.3 Å². The summed E-state index contributed by atoms with van der Waals surface area (Å²) in [4.78, 5) is 16.7. The number of ether oxygens (including phenoxy) is 1. The molecule has 0 aliphatic carbocycles. The summed E-state index contributed by atoms with van der Waals surface area (Å²) in [6.45, 7) is 3.60. The molecule has 1 unspecified atom stereocenters. The molecule has 1 aromatic heterocycles. The first-order valence-corrected chi connectivity index (χ1v) is 7.12. The molecule has 7 heteroatoms. The van der Waals surface area contributed by atoms with Crippen LogP contribution in [0.3, 0.4) is 0 Å². The molecule has 0 radical (unpaired) electrons. The van der Waals surface area contributed by atoms with Crippen LogP contribution in [0.1, 0.15) is 17.5 Å². The lowest BCUT2D eigenvalue weighted by Gasteiger charge is -2.26. The summed E-state index contributed by atoms with van der Waals surface area (Å²) >= 11 is 1.52. The summed E-state index contributed by atoms with van der Waals surface area (Å²) in [5.74, 6) is -0.369. The van der Waals surface area contributed by atoms with Crippen LogP contribution in [0.5, 0.6) is 0 Å². The van der Waals surface area contributed by atoms with E-state index in [0.717, 1.165) is 21.1 Å². The molecule has 1 amide bonds. The van der Waals surface area contributed by atoms with Gasteiger partial charge in [-0.05, 0) is 19.4 Å². The Labute approximate surface area is 127 Å². The van der Waals surface area contributed by atoms with Crippen molar-refractivity contribution >= 4 is 17.2 Å². The summed E-state index contributed by atoms with van der Waals surface area (Å²) in [5.41, 5.74) is 2.86. The average molecular weight is 307 g/mol. The van der Waals surface area contributed by atoms with E-state index in [0.29, 0.717) is 0 Å². The van der Waals surface area contributed by atoms with Crippen LogP contribution >= 0.6 is 11.3 Å². The molecule has 2 rings (SSSR count). The highest BCUT2D eigenvalue weighted by molar-refractivity contribution is 7.14. The molecule has 1 heterocycles. The summed E-state index contributed by atoms with van der Waals surface area (Å²) in [6.07, 6.45) is 0. The van der Waals surface area contributed by atoms with Gasteiger partial charge in [0.25, 0.3) is 5.91 Å². The highest BCUT2D eigenvalue weighted by Gasteiger charge is 2.35. The average Bonchev–Trinajstić information content (AvgIpc) is 2.93. The molecular weight excluding hydrogens is 290 g/mol. The molecule has 1 N–H and O–H groups in total. The van der Waals surface area contributed by atoms with Gasteiger partial charge in [0.1, 0.15) is 10.0 Å².